The van der Waals surface area contributed by atoms with Crippen LogP contribution in [0.15, 0.2) is 60.7 Å². The van der Waals surface area contributed by atoms with Gasteiger partial charge < -0.3 is 10.2 Å². The molecular formula is C26H30O2. The number of benzene rings is 3. The van der Waals surface area contributed by atoms with Crippen LogP contribution in [0, 0.1) is 13.8 Å². The van der Waals surface area contributed by atoms with Crippen LogP contribution in [0.3, 0.4) is 0 Å². The van der Waals surface area contributed by atoms with Crippen molar-refractivity contribution in [2.24, 2.45) is 0 Å². The molecule has 0 aliphatic rings. The zero-order valence-corrected chi connectivity index (χ0v) is 17.7. The van der Waals surface area contributed by atoms with Crippen molar-refractivity contribution in [1.29, 1.82) is 0 Å². The number of hydrogen-bond donors (Lipinski definition) is 2. The van der Waals surface area contributed by atoms with Crippen LogP contribution >= 0.6 is 0 Å². The molecule has 146 valence electrons. The summed E-state index contributed by atoms with van der Waals surface area (Å²) < 4.78 is 0. The van der Waals surface area contributed by atoms with Gasteiger partial charge >= 0.3 is 0 Å². The highest BCUT2D eigenvalue weighted by atomic mass is 16.3. The van der Waals surface area contributed by atoms with E-state index in [9.17, 15) is 10.2 Å². The van der Waals surface area contributed by atoms with E-state index in [1.165, 1.54) is 0 Å². The quantitative estimate of drug-likeness (QED) is 0.557. The summed E-state index contributed by atoms with van der Waals surface area (Å²) in [5, 5.41) is 20.9. The van der Waals surface area contributed by atoms with E-state index in [2.05, 4.69) is 64.1 Å². The van der Waals surface area contributed by atoms with E-state index in [4.69, 9.17) is 0 Å². The van der Waals surface area contributed by atoms with Crippen LogP contribution in [0.4, 0.5) is 0 Å². The summed E-state index contributed by atoms with van der Waals surface area (Å²) >= 11 is 0. The number of aryl methyl sites for hydroxylation is 2. The van der Waals surface area contributed by atoms with Crippen molar-refractivity contribution in [2.45, 2.75) is 52.4 Å². The highest BCUT2D eigenvalue weighted by Gasteiger charge is 2.30. The van der Waals surface area contributed by atoms with Gasteiger partial charge in [-0.3, -0.25) is 0 Å². The Kier molecular flexibility index (Phi) is 5.01. The first-order valence-electron chi connectivity index (χ1n) is 9.74. The molecule has 0 amide bonds. The molecule has 3 aromatic rings. The third kappa shape index (κ3) is 3.52. The second kappa shape index (κ2) is 7.01. The first-order chi connectivity index (χ1) is 13.0. The molecule has 28 heavy (non-hydrogen) atoms. The molecule has 2 heteroatoms. The molecule has 0 aromatic heterocycles. The molecule has 2 nitrogen and oxygen atoms in total. The van der Waals surface area contributed by atoms with Gasteiger partial charge in [-0.25, -0.2) is 0 Å². The van der Waals surface area contributed by atoms with Crippen LogP contribution in [0.2, 0.25) is 0 Å². The topological polar surface area (TPSA) is 40.5 Å². The molecule has 3 aromatic carbocycles. The maximum absolute atomic E-state index is 10.5. The van der Waals surface area contributed by atoms with Gasteiger partial charge in [0, 0.05) is 22.0 Å². The molecule has 0 aliphatic heterocycles. The minimum atomic E-state index is -0.350. The second-order valence-electron chi connectivity index (χ2n) is 8.87. The molecule has 0 spiro atoms. The first-order valence-corrected chi connectivity index (χ1v) is 9.74. The number of rotatable bonds is 4. The van der Waals surface area contributed by atoms with Crippen molar-refractivity contribution in [3.05, 3.63) is 94.0 Å². The Morgan fingerprint density at radius 3 is 1.36 bits per heavy atom. The number of hydrogen-bond acceptors (Lipinski definition) is 2. The van der Waals surface area contributed by atoms with Gasteiger partial charge in [0.05, 0.1) is 0 Å². The minimum absolute atomic E-state index is 0.316. The predicted molar refractivity (Wildman–Crippen MR) is 116 cm³/mol. The van der Waals surface area contributed by atoms with E-state index >= 15 is 0 Å². The smallest absolute Gasteiger partial charge is 0.119 e. The highest BCUT2D eigenvalue weighted by Crippen LogP contribution is 2.41. The van der Waals surface area contributed by atoms with E-state index in [0.29, 0.717) is 11.5 Å². The number of phenols is 2. The molecule has 0 saturated heterocycles. The Labute approximate surface area is 168 Å². The van der Waals surface area contributed by atoms with Gasteiger partial charge in [0.2, 0.25) is 0 Å². The van der Waals surface area contributed by atoms with Crippen molar-refractivity contribution < 1.29 is 10.2 Å². The number of aromatic hydroxyl groups is 2. The lowest BCUT2D eigenvalue weighted by atomic mass is 9.72. The van der Waals surface area contributed by atoms with Gasteiger partial charge in [0.25, 0.3) is 0 Å². The third-order valence-corrected chi connectivity index (χ3v) is 5.96. The van der Waals surface area contributed by atoms with Crippen LogP contribution < -0.4 is 0 Å². The third-order valence-electron chi connectivity index (χ3n) is 5.96. The number of phenolic OH excluding ortho intramolecular Hbond substituents is 2. The van der Waals surface area contributed by atoms with Gasteiger partial charge in [0.1, 0.15) is 11.5 Å². The lowest BCUT2D eigenvalue weighted by molar-refractivity contribution is 0.451. The van der Waals surface area contributed by atoms with Gasteiger partial charge in [-0.15, -0.1) is 0 Å². The summed E-state index contributed by atoms with van der Waals surface area (Å²) in [6, 6.07) is 20.0. The van der Waals surface area contributed by atoms with E-state index in [-0.39, 0.29) is 10.8 Å². The van der Waals surface area contributed by atoms with Crippen molar-refractivity contribution in [2.75, 3.05) is 0 Å². The molecule has 0 saturated carbocycles. The largest absolute Gasteiger partial charge is 0.508 e. The maximum atomic E-state index is 10.5. The standard InChI is InChI=1S/C26H30O2/c1-17-10-12-23(27)21(14-17)25(3,4)19-8-7-9-20(16-19)26(5,6)22-15-18(2)11-13-24(22)28/h7-16,27-28H,1-6H3. The van der Waals surface area contributed by atoms with Crippen molar-refractivity contribution in [3.8, 4) is 11.5 Å². The molecule has 0 atom stereocenters. The van der Waals surface area contributed by atoms with Gasteiger partial charge in [-0.05, 0) is 37.1 Å². The Morgan fingerprint density at radius 2 is 0.964 bits per heavy atom. The normalized spacial score (nSPS) is 12.2. The summed E-state index contributed by atoms with van der Waals surface area (Å²) in [5.41, 5.74) is 5.65. The van der Waals surface area contributed by atoms with Gasteiger partial charge in [-0.2, -0.15) is 0 Å². The molecule has 0 heterocycles. The molecule has 0 unspecified atom stereocenters. The monoisotopic (exact) mass is 374 g/mol. The minimum Gasteiger partial charge on any atom is -0.508 e. The van der Waals surface area contributed by atoms with E-state index in [1.807, 2.05) is 26.0 Å². The summed E-state index contributed by atoms with van der Waals surface area (Å²) in [4.78, 5) is 0. The van der Waals surface area contributed by atoms with Crippen LogP contribution in [0.25, 0.3) is 0 Å². The molecule has 0 aliphatic carbocycles. The molecule has 3 rings (SSSR count). The summed E-state index contributed by atoms with van der Waals surface area (Å²) in [6.07, 6.45) is 0. The van der Waals surface area contributed by atoms with E-state index in [0.717, 1.165) is 33.4 Å². The predicted octanol–water partition coefficient (Wildman–Crippen LogP) is 6.37. The van der Waals surface area contributed by atoms with Crippen LogP contribution in [0.5, 0.6) is 11.5 Å². The summed E-state index contributed by atoms with van der Waals surface area (Å²) in [5.74, 6) is 0.633. The van der Waals surface area contributed by atoms with E-state index < -0.39 is 0 Å². The zero-order valence-electron chi connectivity index (χ0n) is 17.7. The highest BCUT2D eigenvalue weighted by molar-refractivity contribution is 5.51. The Morgan fingerprint density at radius 1 is 0.571 bits per heavy atom. The van der Waals surface area contributed by atoms with Crippen molar-refractivity contribution >= 4 is 0 Å². The molecule has 2 N–H and O–H groups in total. The zero-order chi connectivity index (χ0) is 20.7. The molecule has 0 radical (unpaired) electrons. The lowest BCUT2D eigenvalue weighted by Crippen LogP contribution is -2.23. The molecular weight excluding hydrogens is 344 g/mol. The van der Waals surface area contributed by atoms with Crippen molar-refractivity contribution in [3.63, 3.8) is 0 Å². The fourth-order valence-electron chi connectivity index (χ4n) is 3.91. The average molecular weight is 375 g/mol. The Balaban J connectivity index is 2.11. The van der Waals surface area contributed by atoms with Gasteiger partial charge in [0.15, 0.2) is 0 Å². The molecule has 0 fully saturated rings. The summed E-state index contributed by atoms with van der Waals surface area (Å²) in [6.45, 7) is 12.6. The van der Waals surface area contributed by atoms with Gasteiger partial charge in [-0.1, -0.05) is 87.4 Å². The maximum Gasteiger partial charge on any atom is 0.119 e. The SMILES string of the molecule is Cc1ccc(O)c(C(C)(C)c2cccc(C(C)(C)c3cc(C)ccc3O)c2)c1. The second-order valence-corrected chi connectivity index (χ2v) is 8.87. The van der Waals surface area contributed by atoms with Crippen LogP contribution in [-0.4, -0.2) is 10.2 Å². The summed E-state index contributed by atoms with van der Waals surface area (Å²) in [7, 11) is 0. The lowest BCUT2D eigenvalue weighted by Gasteiger charge is -2.31. The van der Waals surface area contributed by atoms with Crippen molar-refractivity contribution in [1.82, 2.24) is 0 Å². The Hall–Kier alpha value is -2.74. The molecule has 0 bridgehead atoms. The fourth-order valence-corrected chi connectivity index (χ4v) is 3.91. The fraction of sp³-hybridized carbons (Fsp3) is 0.308. The van der Waals surface area contributed by atoms with Crippen LogP contribution in [-0.2, 0) is 10.8 Å². The van der Waals surface area contributed by atoms with E-state index in [1.54, 1.807) is 12.1 Å². The van der Waals surface area contributed by atoms with Crippen LogP contribution in [0.1, 0.15) is 61.1 Å². The first kappa shape index (κ1) is 20.0. The Bertz CT molecular complexity index is 934. The average Bonchev–Trinajstić information content (AvgIpc) is 2.65.